The lowest BCUT2D eigenvalue weighted by Crippen LogP contribution is -2.52. The van der Waals surface area contributed by atoms with Gasteiger partial charge < -0.3 is 9.64 Å². The molecule has 8 nitrogen and oxygen atoms in total. The minimum Gasteiger partial charge on any atom is -0.379 e. The van der Waals surface area contributed by atoms with E-state index in [1.165, 1.54) is 4.31 Å². The Kier molecular flexibility index (Phi) is 5.69. The summed E-state index contributed by atoms with van der Waals surface area (Å²) < 4.78 is 34.2. The van der Waals surface area contributed by atoms with E-state index in [0.717, 1.165) is 5.69 Å². The minimum atomic E-state index is -3.42. The lowest BCUT2D eigenvalue weighted by atomic mass is 10.1. The molecular formula is C17H28N4O4S. The van der Waals surface area contributed by atoms with Gasteiger partial charge in [0.2, 0.25) is 10.0 Å². The molecule has 1 unspecified atom stereocenters. The molecule has 2 aliphatic rings. The summed E-state index contributed by atoms with van der Waals surface area (Å²) in [5, 5.41) is 3.85. The highest BCUT2D eigenvalue weighted by Gasteiger charge is 2.37. The summed E-state index contributed by atoms with van der Waals surface area (Å²) in [5.74, 6) is 0.0901. The smallest absolute Gasteiger partial charge is 0.272 e. The predicted octanol–water partition coefficient (Wildman–Crippen LogP) is 0.810. The topological polar surface area (TPSA) is 84.7 Å². The van der Waals surface area contributed by atoms with Gasteiger partial charge >= 0.3 is 0 Å². The lowest BCUT2D eigenvalue weighted by molar-refractivity contribution is 0.0680. The Hall–Kier alpha value is -1.45. The summed E-state index contributed by atoms with van der Waals surface area (Å²) in [4.78, 5) is 14.6. The van der Waals surface area contributed by atoms with Crippen LogP contribution in [0.5, 0.6) is 0 Å². The average Bonchev–Trinajstić information content (AvgIpc) is 3.04. The molecule has 0 radical (unpaired) electrons. The molecule has 1 amide bonds. The second-order valence-electron chi connectivity index (χ2n) is 7.30. The number of morpholine rings is 1. The number of hydrogen-bond donors (Lipinski definition) is 0. The number of aromatic nitrogens is 2. The number of rotatable bonds is 4. The van der Waals surface area contributed by atoms with Crippen LogP contribution in [0.2, 0.25) is 0 Å². The molecule has 9 heteroatoms. The van der Waals surface area contributed by atoms with Crippen molar-refractivity contribution in [3.63, 3.8) is 0 Å². The van der Waals surface area contributed by atoms with Crippen molar-refractivity contribution in [2.45, 2.75) is 37.9 Å². The van der Waals surface area contributed by atoms with Crippen molar-refractivity contribution in [3.8, 4) is 0 Å². The molecule has 1 aromatic heterocycles. The van der Waals surface area contributed by atoms with Gasteiger partial charge in [0, 0.05) is 33.2 Å². The van der Waals surface area contributed by atoms with Crippen molar-refractivity contribution in [2.75, 3.05) is 39.4 Å². The maximum atomic E-state index is 12.9. The Morgan fingerprint density at radius 2 is 1.96 bits per heavy atom. The summed E-state index contributed by atoms with van der Waals surface area (Å²) in [5.41, 5.74) is 1.38. The van der Waals surface area contributed by atoms with Crippen molar-refractivity contribution in [1.82, 2.24) is 19.0 Å². The summed E-state index contributed by atoms with van der Waals surface area (Å²) in [6.07, 6.45) is 1.28. The molecule has 0 aromatic carbocycles. The van der Waals surface area contributed by atoms with Crippen molar-refractivity contribution in [1.29, 1.82) is 0 Å². The Labute approximate surface area is 155 Å². The van der Waals surface area contributed by atoms with E-state index in [1.807, 2.05) is 19.9 Å². The predicted molar refractivity (Wildman–Crippen MR) is 97.5 cm³/mol. The Bertz CT molecular complexity index is 753. The highest BCUT2D eigenvalue weighted by molar-refractivity contribution is 7.89. The largest absolute Gasteiger partial charge is 0.379 e. The normalized spacial score (nSPS) is 22.8. The first-order chi connectivity index (χ1) is 12.3. The van der Waals surface area contributed by atoms with E-state index in [0.29, 0.717) is 51.4 Å². The lowest BCUT2D eigenvalue weighted by Gasteiger charge is -2.36. The summed E-state index contributed by atoms with van der Waals surface area (Å²) in [6.45, 7) is 6.53. The molecule has 0 spiro atoms. The molecule has 3 heterocycles. The standard InChI is InChI=1S/C17H28N4O4S/c1-13(2)15-11-16(19(3)18-15)17(22)20-6-4-5-14(12-20)26(23,24)21-7-9-25-10-8-21/h11,13-14H,4-10,12H2,1-3H3. The maximum Gasteiger partial charge on any atom is 0.272 e. The molecule has 1 atom stereocenters. The number of aryl methyl sites for hydroxylation is 1. The van der Waals surface area contributed by atoms with Gasteiger partial charge in [0.1, 0.15) is 5.69 Å². The molecule has 3 rings (SSSR count). The van der Waals surface area contributed by atoms with Crippen LogP contribution in [0.1, 0.15) is 48.8 Å². The number of sulfonamides is 1. The zero-order valence-electron chi connectivity index (χ0n) is 15.7. The van der Waals surface area contributed by atoms with Gasteiger partial charge in [-0.15, -0.1) is 0 Å². The monoisotopic (exact) mass is 384 g/mol. The van der Waals surface area contributed by atoms with E-state index in [-0.39, 0.29) is 18.4 Å². The summed E-state index contributed by atoms with van der Waals surface area (Å²) in [6, 6.07) is 1.81. The van der Waals surface area contributed by atoms with Crippen LogP contribution in [-0.2, 0) is 21.8 Å². The van der Waals surface area contributed by atoms with Gasteiger partial charge in [-0.3, -0.25) is 9.48 Å². The number of carbonyl (C=O) groups is 1. The molecule has 0 N–H and O–H groups in total. The molecule has 2 saturated heterocycles. The van der Waals surface area contributed by atoms with Crippen molar-refractivity contribution in [3.05, 3.63) is 17.5 Å². The van der Waals surface area contributed by atoms with Crippen LogP contribution in [0.3, 0.4) is 0 Å². The van der Waals surface area contributed by atoms with E-state index in [2.05, 4.69) is 5.10 Å². The van der Waals surface area contributed by atoms with Gasteiger partial charge in [-0.2, -0.15) is 9.40 Å². The number of amides is 1. The van der Waals surface area contributed by atoms with Gasteiger partial charge in [-0.05, 0) is 24.8 Å². The fraction of sp³-hybridized carbons (Fsp3) is 0.765. The van der Waals surface area contributed by atoms with E-state index in [9.17, 15) is 13.2 Å². The second-order valence-corrected chi connectivity index (χ2v) is 9.52. The van der Waals surface area contributed by atoms with Crippen LogP contribution in [-0.4, -0.2) is 78.0 Å². The number of carbonyl (C=O) groups excluding carboxylic acids is 1. The minimum absolute atomic E-state index is 0.145. The Morgan fingerprint density at radius 1 is 1.27 bits per heavy atom. The molecule has 0 bridgehead atoms. The third kappa shape index (κ3) is 3.79. The SMILES string of the molecule is CC(C)c1cc(C(=O)N2CCCC(S(=O)(=O)N3CCOCC3)C2)n(C)n1. The third-order valence-electron chi connectivity index (χ3n) is 5.13. The van der Waals surface area contributed by atoms with Crippen LogP contribution in [0, 0.1) is 0 Å². The first kappa shape index (κ1) is 19.3. The van der Waals surface area contributed by atoms with E-state index >= 15 is 0 Å². The first-order valence-corrected chi connectivity index (χ1v) is 10.7. The van der Waals surface area contributed by atoms with Crippen LogP contribution in [0.4, 0.5) is 0 Å². The fourth-order valence-corrected chi connectivity index (χ4v) is 5.42. The highest BCUT2D eigenvalue weighted by Crippen LogP contribution is 2.23. The molecule has 146 valence electrons. The van der Waals surface area contributed by atoms with Crippen molar-refractivity contribution in [2.24, 2.45) is 7.05 Å². The van der Waals surface area contributed by atoms with Gasteiger partial charge in [-0.25, -0.2) is 8.42 Å². The van der Waals surface area contributed by atoms with Crippen LogP contribution >= 0.6 is 0 Å². The molecule has 1 aromatic rings. The van der Waals surface area contributed by atoms with Crippen LogP contribution in [0.25, 0.3) is 0 Å². The fourth-order valence-electron chi connectivity index (χ4n) is 3.51. The number of piperidine rings is 1. The molecule has 2 fully saturated rings. The second kappa shape index (κ2) is 7.66. The maximum absolute atomic E-state index is 12.9. The van der Waals surface area contributed by atoms with E-state index < -0.39 is 15.3 Å². The first-order valence-electron chi connectivity index (χ1n) is 9.20. The number of hydrogen-bond acceptors (Lipinski definition) is 5. The van der Waals surface area contributed by atoms with Gasteiger partial charge in [0.25, 0.3) is 5.91 Å². The molecule has 0 aliphatic carbocycles. The highest BCUT2D eigenvalue weighted by atomic mass is 32.2. The van der Waals surface area contributed by atoms with E-state index in [4.69, 9.17) is 4.74 Å². The Morgan fingerprint density at radius 3 is 2.58 bits per heavy atom. The molecule has 0 saturated carbocycles. The summed E-state index contributed by atoms with van der Waals surface area (Å²) in [7, 11) is -1.66. The zero-order chi connectivity index (χ0) is 18.9. The average molecular weight is 385 g/mol. The van der Waals surface area contributed by atoms with Crippen molar-refractivity contribution >= 4 is 15.9 Å². The Balaban J connectivity index is 1.74. The summed E-state index contributed by atoms with van der Waals surface area (Å²) >= 11 is 0. The zero-order valence-corrected chi connectivity index (χ0v) is 16.5. The van der Waals surface area contributed by atoms with Crippen molar-refractivity contribution < 1.29 is 17.9 Å². The molecule has 2 aliphatic heterocycles. The molecule has 26 heavy (non-hydrogen) atoms. The number of ether oxygens (including phenoxy) is 1. The van der Waals surface area contributed by atoms with Gasteiger partial charge in [0.05, 0.1) is 24.2 Å². The third-order valence-corrected chi connectivity index (χ3v) is 7.44. The molecular weight excluding hydrogens is 356 g/mol. The number of likely N-dealkylation sites (tertiary alicyclic amines) is 1. The quantitative estimate of drug-likeness (QED) is 0.767. The van der Waals surface area contributed by atoms with Gasteiger partial charge in [0.15, 0.2) is 0 Å². The van der Waals surface area contributed by atoms with Gasteiger partial charge in [-0.1, -0.05) is 13.8 Å². The number of nitrogens with zero attached hydrogens (tertiary/aromatic N) is 4. The van der Waals surface area contributed by atoms with Crippen LogP contribution in [0.15, 0.2) is 6.07 Å². The van der Waals surface area contributed by atoms with Crippen LogP contribution < -0.4 is 0 Å². The van der Waals surface area contributed by atoms with E-state index in [1.54, 1.807) is 16.6 Å².